The Morgan fingerprint density at radius 2 is 1.79 bits per heavy atom. The van der Waals surface area contributed by atoms with E-state index in [4.69, 9.17) is 0 Å². The van der Waals surface area contributed by atoms with Crippen LogP contribution in [0.3, 0.4) is 0 Å². The molecule has 94 valence electrons. The number of halogens is 1. The Labute approximate surface area is 127 Å². The van der Waals surface area contributed by atoms with E-state index >= 15 is 0 Å². The Hall–Kier alpha value is -1.42. The Bertz CT molecular complexity index is 629. The van der Waals surface area contributed by atoms with E-state index in [1.165, 1.54) is 22.3 Å². The lowest BCUT2D eigenvalue weighted by molar-refractivity contribution is 1.10. The molecular formula is C17H14IN. The molecule has 0 saturated heterocycles. The van der Waals surface area contributed by atoms with Crippen molar-refractivity contribution in [3.8, 4) is 11.1 Å². The van der Waals surface area contributed by atoms with Gasteiger partial charge in [0.1, 0.15) is 0 Å². The number of allylic oxidation sites excluding steroid dienone is 4. The minimum Gasteiger partial charge on any atom is -0.263 e. The van der Waals surface area contributed by atoms with Gasteiger partial charge in [0.25, 0.3) is 0 Å². The molecular weight excluding hydrogens is 345 g/mol. The number of benzene rings is 1. The van der Waals surface area contributed by atoms with E-state index in [0.29, 0.717) is 3.92 Å². The highest BCUT2D eigenvalue weighted by Crippen LogP contribution is 2.27. The Morgan fingerprint density at radius 3 is 2.53 bits per heavy atom. The van der Waals surface area contributed by atoms with Gasteiger partial charge in [-0.15, -0.1) is 0 Å². The fraction of sp³-hybridized carbons (Fsp3) is 0.118. The molecule has 0 aliphatic heterocycles. The van der Waals surface area contributed by atoms with Gasteiger partial charge in [-0.3, -0.25) is 4.98 Å². The molecule has 1 unspecified atom stereocenters. The summed E-state index contributed by atoms with van der Waals surface area (Å²) in [5, 5.41) is 0. The van der Waals surface area contributed by atoms with Crippen LogP contribution in [0.2, 0.25) is 0 Å². The minimum absolute atomic E-state index is 0.617. The molecule has 1 aliphatic rings. The van der Waals surface area contributed by atoms with Crippen LogP contribution >= 0.6 is 22.6 Å². The molecule has 1 nitrogen and oxygen atoms in total. The molecule has 2 aromatic rings. The van der Waals surface area contributed by atoms with Crippen molar-refractivity contribution in [2.45, 2.75) is 10.3 Å². The summed E-state index contributed by atoms with van der Waals surface area (Å²) in [4.78, 5) is 4.38. The number of nitrogens with zero attached hydrogens (tertiary/aromatic N) is 1. The van der Waals surface area contributed by atoms with Crippen LogP contribution in [-0.4, -0.2) is 8.91 Å². The number of pyridine rings is 1. The van der Waals surface area contributed by atoms with Crippen molar-refractivity contribution in [2.75, 3.05) is 0 Å². The normalized spacial score (nSPS) is 18.2. The molecule has 1 heterocycles. The standard InChI is InChI=1S/C17H14IN/c18-17-8-6-14(7-9-17)16-10-15(11-19-12-16)13-4-2-1-3-5-13/h1-8,10-12,17H,9H2. The van der Waals surface area contributed by atoms with Gasteiger partial charge in [-0.1, -0.05) is 71.2 Å². The second-order valence-electron chi connectivity index (χ2n) is 4.60. The molecule has 3 rings (SSSR count). The fourth-order valence-electron chi connectivity index (χ4n) is 2.19. The lowest BCUT2D eigenvalue weighted by atomic mass is 9.98. The zero-order chi connectivity index (χ0) is 13.1. The lowest BCUT2D eigenvalue weighted by Crippen LogP contribution is -1.96. The van der Waals surface area contributed by atoms with Gasteiger partial charge in [-0.25, -0.2) is 0 Å². The molecule has 0 spiro atoms. The number of rotatable bonds is 2. The second kappa shape index (κ2) is 5.70. The average molecular weight is 359 g/mol. The van der Waals surface area contributed by atoms with Crippen LogP contribution in [0.1, 0.15) is 12.0 Å². The van der Waals surface area contributed by atoms with Crippen LogP contribution < -0.4 is 0 Å². The summed E-state index contributed by atoms with van der Waals surface area (Å²) in [6.07, 6.45) is 11.7. The van der Waals surface area contributed by atoms with Gasteiger partial charge >= 0.3 is 0 Å². The van der Waals surface area contributed by atoms with Crippen LogP contribution in [0.5, 0.6) is 0 Å². The first-order valence-electron chi connectivity index (χ1n) is 6.36. The topological polar surface area (TPSA) is 12.9 Å². The van der Waals surface area contributed by atoms with Crippen LogP contribution in [0, 0.1) is 0 Å². The summed E-state index contributed by atoms with van der Waals surface area (Å²) < 4.78 is 0.617. The third kappa shape index (κ3) is 2.95. The van der Waals surface area contributed by atoms with E-state index in [1.54, 1.807) is 0 Å². The van der Waals surface area contributed by atoms with Crippen molar-refractivity contribution < 1.29 is 0 Å². The predicted molar refractivity (Wildman–Crippen MR) is 89.2 cm³/mol. The fourth-order valence-corrected chi connectivity index (χ4v) is 2.66. The van der Waals surface area contributed by atoms with Gasteiger partial charge in [-0.2, -0.15) is 0 Å². The molecule has 19 heavy (non-hydrogen) atoms. The molecule has 0 N–H and O–H groups in total. The van der Waals surface area contributed by atoms with E-state index in [-0.39, 0.29) is 0 Å². The highest BCUT2D eigenvalue weighted by Gasteiger charge is 2.08. The Morgan fingerprint density at radius 1 is 1.00 bits per heavy atom. The number of alkyl halides is 1. The SMILES string of the molecule is IC1C=CC(c2cncc(-c3ccccc3)c2)=CC1. The maximum absolute atomic E-state index is 4.38. The first-order chi connectivity index (χ1) is 9.33. The van der Waals surface area contributed by atoms with E-state index in [0.717, 1.165) is 6.42 Å². The molecule has 0 amide bonds. The molecule has 0 fully saturated rings. The highest BCUT2D eigenvalue weighted by molar-refractivity contribution is 14.1. The summed E-state index contributed by atoms with van der Waals surface area (Å²) in [6.45, 7) is 0. The van der Waals surface area contributed by atoms with Crippen molar-refractivity contribution in [1.82, 2.24) is 4.98 Å². The summed E-state index contributed by atoms with van der Waals surface area (Å²) in [7, 11) is 0. The lowest BCUT2D eigenvalue weighted by Gasteiger charge is -2.11. The summed E-state index contributed by atoms with van der Waals surface area (Å²) in [5.74, 6) is 0. The third-order valence-electron chi connectivity index (χ3n) is 3.23. The molecule has 0 radical (unpaired) electrons. The Balaban J connectivity index is 1.95. The van der Waals surface area contributed by atoms with Gasteiger partial charge in [0, 0.05) is 27.4 Å². The first-order valence-corrected chi connectivity index (χ1v) is 7.61. The molecule has 2 heteroatoms. The number of aromatic nitrogens is 1. The average Bonchev–Trinajstić information content (AvgIpc) is 2.49. The molecule has 1 aromatic heterocycles. The largest absolute Gasteiger partial charge is 0.263 e. The predicted octanol–water partition coefficient (Wildman–Crippen LogP) is 4.90. The van der Waals surface area contributed by atoms with E-state index in [2.05, 4.69) is 76.1 Å². The summed E-state index contributed by atoms with van der Waals surface area (Å²) >= 11 is 2.46. The summed E-state index contributed by atoms with van der Waals surface area (Å²) in [5.41, 5.74) is 4.85. The third-order valence-corrected chi connectivity index (χ3v) is 4.15. The second-order valence-corrected chi connectivity index (χ2v) is 6.20. The van der Waals surface area contributed by atoms with Gasteiger partial charge in [0.15, 0.2) is 0 Å². The van der Waals surface area contributed by atoms with E-state index < -0.39 is 0 Å². The zero-order valence-corrected chi connectivity index (χ0v) is 12.6. The van der Waals surface area contributed by atoms with Crippen molar-refractivity contribution in [3.05, 3.63) is 72.6 Å². The van der Waals surface area contributed by atoms with Crippen molar-refractivity contribution in [3.63, 3.8) is 0 Å². The quantitative estimate of drug-likeness (QED) is 0.549. The maximum Gasteiger partial charge on any atom is 0.0346 e. The summed E-state index contributed by atoms with van der Waals surface area (Å²) in [6, 6.07) is 12.6. The van der Waals surface area contributed by atoms with E-state index in [1.807, 2.05) is 18.5 Å². The van der Waals surface area contributed by atoms with Gasteiger partial charge in [0.05, 0.1) is 0 Å². The van der Waals surface area contributed by atoms with Gasteiger partial charge in [-0.05, 0) is 23.6 Å². The smallest absolute Gasteiger partial charge is 0.0346 e. The van der Waals surface area contributed by atoms with Crippen LogP contribution in [0.15, 0.2) is 67.0 Å². The zero-order valence-electron chi connectivity index (χ0n) is 10.5. The maximum atomic E-state index is 4.38. The van der Waals surface area contributed by atoms with E-state index in [9.17, 15) is 0 Å². The van der Waals surface area contributed by atoms with Crippen LogP contribution in [0.25, 0.3) is 16.7 Å². The molecule has 1 atom stereocenters. The van der Waals surface area contributed by atoms with Crippen LogP contribution in [-0.2, 0) is 0 Å². The van der Waals surface area contributed by atoms with Gasteiger partial charge < -0.3 is 0 Å². The Kier molecular flexibility index (Phi) is 3.78. The first kappa shape index (κ1) is 12.6. The van der Waals surface area contributed by atoms with Crippen molar-refractivity contribution in [1.29, 1.82) is 0 Å². The minimum atomic E-state index is 0.617. The highest BCUT2D eigenvalue weighted by atomic mass is 127. The van der Waals surface area contributed by atoms with Gasteiger partial charge in [0.2, 0.25) is 0 Å². The number of hydrogen-bond donors (Lipinski definition) is 0. The molecule has 0 bridgehead atoms. The van der Waals surface area contributed by atoms with Crippen molar-refractivity contribution in [2.24, 2.45) is 0 Å². The van der Waals surface area contributed by atoms with Crippen LogP contribution in [0.4, 0.5) is 0 Å². The molecule has 1 aromatic carbocycles. The van der Waals surface area contributed by atoms with Crippen molar-refractivity contribution >= 4 is 28.2 Å². The molecule has 0 saturated carbocycles. The molecule has 1 aliphatic carbocycles. The number of hydrogen-bond acceptors (Lipinski definition) is 1. The monoisotopic (exact) mass is 359 g/mol.